The first kappa shape index (κ1) is 20.7. The Morgan fingerprint density at radius 3 is 2.45 bits per heavy atom. The van der Waals surface area contributed by atoms with Gasteiger partial charge in [0.05, 0.1) is 16.4 Å². The Bertz CT molecular complexity index is 1020. The molecule has 11 heteroatoms. The van der Waals surface area contributed by atoms with Crippen LogP contribution in [-0.2, 0) is 14.8 Å². The normalized spacial score (nSPS) is 15.1. The number of carbonyl (C=O) groups is 1. The van der Waals surface area contributed by atoms with Crippen molar-refractivity contribution in [3.05, 3.63) is 58.6 Å². The highest BCUT2D eigenvalue weighted by Gasteiger charge is 2.24. The lowest BCUT2D eigenvalue weighted by Crippen LogP contribution is -2.48. The van der Waals surface area contributed by atoms with Crippen LogP contribution in [0.15, 0.2) is 53.4 Å². The first-order valence-electron chi connectivity index (χ1n) is 8.87. The van der Waals surface area contributed by atoms with Crippen molar-refractivity contribution in [1.29, 1.82) is 0 Å². The number of sulfonamides is 1. The summed E-state index contributed by atoms with van der Waals surface area (Å²) in [6.07, 6.45) is 0. The number of nitrogens with two attached hydrogens (primary N) is 1. The molecule has 3 rings (SSSR count). The van der Waals surface area contributed by atoms with Gasteiger partial charge < -0.3 is 10.2 Å². The molecule has 0 aromatic heterocycles. The smallest absolute Gasteiger partial charge is 0.292 e. The van der Waals surface area contributed by atoms with E-state index in [1.165, 1.54) is 24.3 Å². The van der Waals surface area contributed by atoms with Crippen LogP contribution in [0.3, 0.4) is 0 Å². The van der Waals surface area contributed by atoms with Crippen molar-refractivity contribution in [2.45, 2.75) is 4.90 Å². The molecule has 2 aromatic carbocycles. The molecule has 1 aliphatic heterocycles. The molecule has 0 aliphatic carbocycles. The van der Waals surface area contributed by atoms with Crippen LogP contribution >= 0.6 is 0 Å². The number of carbonyl (C=O) groups excluding carboxylic acids is 1. The van der Waals surface area contributed by atoms with E-state index in [2.05, 4.69) is 5.32 Å². The number of benzene rings is 2. The second-order valence-corrected chi connectivity index (χ2v) is 8.19. The van der Waals surface area contributed by atoms with E-state index in [0.717, 1.165) is 0 Å². The van der Waals surface area contributed by atoms with Gasteiger partial charge in [-0.2, -0.15) is 0 Å². The predicted molar refractivity (Wildman–Crippen MR) is 108 cm³/mol. The second-order valence-electron chi connectivity index (χ2n) is 6.63. The average molecular weight is 419 g/mol. The van der Waals surface area contributed by atoms with Crippen LogP contribution in [0.5, 0.6) is 0 Å². The van der Waals surface area contributed by atoms with Gasteiger partial charge in [0, 0.05) is 37.9 Å². The van der Waals surface area contributed by atoms with Crippen molar-refractivity contribution >= 4 is 33.0 Å². The molecular formula is C18H21N5O5S. The van der Waals surface area contributed by atoms with E-state index in [1.807, 2.05) is 9.80 Å². The zero-order valence-electron chi connectivity index (χ0n) is 15.5. The first-order valence-corrected chi connectivity index (χ1v) is 10.4. The Labute approximate surface area is 168 Å². The van der Waals surface area contributed by atoms with Crippen LogP contribution in [0, 0.1) is 10.1 Å². The zero-order valence-corrected chi connectivity index (χ0v) is 16.3. The number of nitrogens with zero attached hydrogens (tertiary/aromatic N) is 3. The van der Waals surface area contributed by atoms with Gasteiger partial charge in [-0.15, -0.1) is 0 Å². The third-order valence-electron chi connectivity index (χ3n) is 4.60. The van der Waals surface area contributed by atoms with Gasteiger partial charge in [-0.05, 0) is 24.3 Å². The summed E-state index contributed by atoms with van der Waals surface area (Å²) in [7, 11) is -3.85. The predicted octanol–water partition coefficient (Wildman–Crippen LogP) is 1.00. The molecule has 0 saturated carbocycles. The number of para-hydroxylation sites is 2. The highest BCUT2D eigenvalue weighted by molar-refractivity contribution is 7.89. The summed E-state index contributed by atoms with van der Waals surface area (Å²) in [6, 6.07) is 12.3. The monoisotopic (exact) mass is 419 g/mol. The second kappa shape index (κ2) is 8.55. The summed E-state index contributed by atoms with van der Waals surface area (Å²) in [5, 5.41) is 19.0. The van der Waals surface area contributed by atoms with Gasteiger partial charge in [0.2, 0.25) is 15.9 Å². The fourth-order valence-electron chi connectivity index (χ4n) is 3.19. The number of piperazine rings is 1. The van der Waals surface area contributed by atoms with Crippen LogP contribution in [0.2, 0.25) is 0 Å². The van der Waals surface area contributed by atoms with Crippen molar-refractivity contribution in [2.24, 2.45) is 5.14 Å². The van der Waals surface area contributed by atoms with Crippen molar-refractivity contribution in [2.75, 3.05) is 42.9 Å². The van der Waals surface area contributed by atoms with Gasteiger partial charge in [-0.25, -0.2) is 13.6 Å². The minimum atomic E-state index is -3.85. The molecule has 1 saturated heterocycles. The summed E-state index contributed by atoms with van der Waals surface area (Å²) in [4.78, 5) is 26.9. The molecule has 0 unspecified atom stereocenters. The standard InChI is InChI=1S/C18H21N5O5S/c19-29(27,28)15-5-3-4-14(12-15)20-18(24)13-21-8-10-22(11-9-21)16-6-1-2-7-17(16)23(25)26/h1-7,12H,8-11,13H2,(H,20,24)(H2,19,27,28). The molecule has 29 heavy (non-hydrogen) atoms. The topological polar surface area (TPSA) is 139 Å². The maximum absolute atomic E-state index is 12.3. The highest BCUT2D eigenvalue weighted by atomic mass is 32.2. The zero-order chi connectivity index (χ0) is 21.0. The minimum Gasteiger partial charge on any atom is -0.363 e. The van der Waals surface area contributed by atoms with E-state index in [9.17, 15) is 23.3 Å². The number of nitro groups is 1. The number of anilines is 2. The molecule has 0 spiro atoms. The minimum absolute atomic E-state index is 0.0634. The number of hydrogen-bond acceptors (Lipinski definition) is 7. The first-order chi connectivity index (χ1) is 13.7. The van der Waals surface area contributed by atoms with Gasteiger partial charge in [-0.1, -0.05) is 18.2 Å². The molecule has 0 atom stereocenters. The van der Waals surface area contributed by atoms with Gasteiger partial charge >= 0.3 is 0 Å². The Morgan fingerprint density at radius 2 is 1.79 bits per heavy atom. The number of hydrogen-bond donors (Lipinski definition) is 2. The number of nitro benzene ring substituents is 1. The van der Waals surface area contributed by atoms with Crippen molar-refractivity contribution in [3.63, 3.8) is 0 Å². The lowest BCUT2D eigenvalue weighted by Gasteiger charge is -2.35. The maximum Gasteiger partial charge on any atom is 0.292 e. The summed E-state index contributed by atoms with van der Waals surface area (Å²) < 4.78 is 22.8. The van der Waals surface area contributed by atoms with E-state index in [0.29, 0.717) is 37.6 Å². The summed E-state index contributed by atoms with van der Waals surface area (Å²) in [6.45, 7) is 2.37. The average Bonchev–Trinajstić information content (AvgIpc) is 2.68. The Kier molecular flexibility index (Phi) is 6.11. The molecular weight excluding hydrogens is 398 g/mol. The highest BCUT2D eigenvalue weighted by Crippen LogP contribution is 2.28. The lowest BCUT2D eigenvalue weighted by molar-refractivity contribution is -0.384. The molecule has 10 nitrogen and oxygen atoms in total. The Balaban J connectivity index is 1.56. The molecule has 1 fully saturated rings. The lowest BCUT2D eigenvalue weighted by atomic mass is 10.2. The van der Waals surface area contributed by atoms with Gasteiger partial charge in [-0.3, -0.25) is 19.8 Å². The van der Waals surface area contributed by atoms with Crippen LogP contribution < -0.4 is 15.4 Å². The third kappa shape index (κ3) is 5.28. The third-order valence-corrected chi connectivity index (χ3v) is 5.52. The van der Waals surface area contributed by atoms with E-state index >= 15 is 0 Å². The van der Waals surface area contributed by atoms with Gasteiger partial charge in [0.1, 0.15) is 5.69 Å². The van der Waals surface area contributed by atoms with E-state index in [-0.39, 0.29) is 23.0 Å². The molecule has 1 amide bonds. The maximum atomic E-state index is 12.3. The molecule has 1 aliphatic rings. The fraction of sp³-hybridized carbons (Fsp3) is 0.278. The number of amides is 1. The summed E-state index contributed by atoms with van der Waals surface area (Å²) in [5.41, 5.74) is 0.981. The van der Waals surface area contributed by atoms with E-state index in [1.54, 1.807) is 24.3 Å². The molecule has 154 valence electrons. The van der Waals surface area contributed by atoms with Gasteiger partial charge in [0.15, 0.2) is 0 Å². The summed E-state index contributed by atoms with van der Waals surface area (Å²) in [5.74, 6) is -0.282. The molecule has 1 heterocycles. The largest absolute Gasteiger partial charge is 0.363 e. The Morgan fingerprint density at radius 1 is 1.10 bits per heavy atom. The number of rotatable bonds is 6. The molecule has 2 aromatic rings. The summed E-state index contributed by atoms with van der Waals surface area (Å²) >= 11 is 0. The Hall–Kier alpha value is -3.02. The number of nitrogens with one attached hydrogen (secondary N) is 1. The quantitative estimate of drug-likeness (QED) is 0.526. The van der Waals surface area contributed by atoms with Crippen molar-refractivity contribution in [3.8, 4) is 0 Å². The molecule has 0 bridgehead atoms. The van der Waals surface area contributed by atoms with Crippen molar-refractivity contribution in [1.82, 2.24) is 4.90 Å². The van der Waals surface area contributed by atoms with Crippen LogP contribution in [-0.4, -0.2) is 56.9 Å². The van der Waals surface area contributed by atoms with Crippen LogP contribution in [0.1, 0.15) is 0 Å². The molecule has 3 N–H and O–H groups in total. The van der Waals surface area contributed by atoms with Crippen LogP contribution in [0.25, 0.3) is 0 Å². The number of primary sulfonamides is 1. The molecule has 0 radical (unpaired) electrons. The fourth-order valence-corrected chi connectivity index (χ4v) is 3.75. The van der Waals surface area contributed by atoms with E-state index < -0.39 is 14.9 Å². The van der Waals surface area contributed by atoms with Gasteiger partial charge in [0.25, 0.3) is 5.69 Å². The van der Waals surface area contributed by atoms with E-state index in [4.69, 9.17) is 5.14 Å². The van der Waals surface area contributed by atoms with Crippen molar-refractivity contribution < 1.29 is 18.1 Å². The van der Waals surface area contributed by atoms with Crippen LogP contribution in [0.4, 0.5) is 17.1 Å². The SMILES string of the molecule is NS(=O)(=O)c1cccc(NC(=O)CN2CCN(c3ccccc3[N+](=O)[O-])CC2)c1.